The molecule has 0 amide bonds. The summed E-state index contributed by atoms with van der Waals surface area (Å²) in [6.07, 6.45) is -1.16. The quantitative estimate of drug-likeness (QED) is 0.814. The third-order valence-electron chi connectivity index (χ3n) is 1.45. The van der Waals surface area contributed by atoms with Gasteiger partial charge in [-0.15, -0.1) is 0 Å². The summed E-state index contributed by atoms with van der Waals surface area (Å²) in [5.74, 6) is 4.75. The lowest BCUT2D eigenvalue weighted by molar-refractivity contribution is 0.0816. The second-order valence-corrected chi connectivity index (χ2v) is 3.27. The van der Waals surface area contributed by atoms with Crippen LogP contribution in [-0.2, 0) is 4.84 Å². The topological polar surface area (TPSA) is 35.2 Å². The highest BCUT2D eigenvalue weighted by Crippen LogP contribution is 2.20. The van der Waals surface area contributed by atoms with Gasteiger partial charge in [-0.3, -0.25) is 0 Å². The number of rotatable bonds is 3. The Balaban J connectivity index is 2.73. The molecule has 66 valence electrons. The van der Waals surface area contributed by atoms with Gasteiger partial charge in [-0.25, -0.2) is 10.3 Å². The van der Waals surface area contributed by atoms with Crippen LogP contribution in [-0.4, -0.2) is 6.61 Å². The van der Waals surface area contributed by atoms with Crippen molar-refractivity contribution in [3.63, 3.8) is 0 Å². The van der Waals surface area contributed by atoms with Gasteiger partial charge in [0.2, 0.25) is 0 Å². The fourth-order valence-corrected chi connectivity index (χ4v) is 1.30. The number of hydrogen-bond acceptors (Lipinski definition) is 2. The van der Waals surface area contributed by atoms with Gasteiger partial charge in [-0.1, -0.05) is 28.1 Å². The molecule has 0 radical (unpaired) electrons. The molecule has 1 rings (SSSR count). The van der Waals surface area contributed by atoms with Gasteiger partial charge in [0.15, 0.2) is 6.17 Å². The molecule has 0 spiro atoms. The number of benzene rings is 1. The van der Waals surface area contributed by atoms with Gasteiger partial charge < -0.3 is 4.84 Å². The van der Waals surface area contributed by atoms with E-state index in [9.17, 15) is 4.39 Å². The predicted molar refractivity (Wildman–Crippen MR) is 48.1 cm³/mol. The van der Waals surface area contributed by atoms with Gasteiger partial charge in [0, 0.05) is 4.47 Å². The lowest BCUT2D eigenvalue weighted by atomic mass is 10.1. The minimum Gasteiger partial charge on any atom is -0.301 e. The van der Waals surface area contributed by atoms with Crippen LogP contribution in [0.2, 0.25) is 0 Å². The Morgan fingerprint density at radius 1 is 1.58 bits per heavy atom. The second-order valence-electron chi connectivity index (χ2n) is 2.36. The molecule has 2 nitrogen and oxygen atoms in total. The Hall–Kier alpha value is -0.450. The molecule has 0 aliphatic carbocycles. The fourth-order valence-electron chi connectivity index (χ4n) is 0.882. The SMILES string of the molecule is NOCC(F)c1cccc(Br)c1. The van der Waals surface area contributed by atoms with Crippen molar-refractivity contribution in [2.24, 2.45) is 5.90 Å². The summed E-state index contributed by atoms with van der Waals surface area (Å²) in [6.45, 7) is -0.115. The monoisotopic (exact) mass is 233 g/mol. The standard InChI is InChI=1S/C8H9BrFNO/c9-7-3-1-2-6(4-7)8(10)5-12-11/h1-4,8H,5,11H2. The van der Waals surface area contributed by atoms with E-state index in [1.807, 2.05) is 6.07 Å². The van der Waals surface area contributed by atoms with Crippen molar-refractivity contribution in [2.45, 2.75) is 6.17 Å². The molecule has 0 saturated carbocycles. The maximum atomic E-state index is 13.1. The van der Waals surface area contributed by atoms with Crippen LogP contribution in [0.15, 0.2) is 28.7 Å². The van der Waals surface area contributed by atoms with Gasteiger partial charge in [0.25, 0.3) is 0 Å². The van der Waals surface area contributed by atoms with Crippen LogP contribution in [0.1, 0.15) is 11.7 Å². The number of hydrogen-bond donors (Lipinski definition) is 1. The average molecular weight is 234 g/mol. The maximum Gasteiger partial charge on any atom is 0.150 e. The molecule has 1 aromatic rings. The van der Waals surface area contributed by atoms with E-state index >= 15 is 0 Å². The molecule has 0 aliphatic heterocycles. The Bertz CT molecular complexity index is 257. The Kier molecular flexibility index (Phi) is 3.65. The smallest absolute Gasteiger partial charge is 0.150 e. The molecule has 0 bridgehead atoms. The van der Waals surface area contributed by atoms with E-state index in [0.29, 0.717) is 5.56 Å². The van der Waals surface area contributed by atoms with Gasteiger partial charge in [-0.05, 0) is 17.7 Å². The van der Waals surface area contributed by atoms with E-state index < -0.39 is 6.17 Å². The van der Waals surface area contributed by atoms with E-state index in [2.05, 4.69) is 20.8 Å². The minimum absolute atomic E-state index is 0.115. The van der Waals surface area contributed by atoms with Crippen molar-refractivity contribution >= 4 is 15.9 Å². The molecule has 0 heterocycles. The highest BCUT2D eigenvalue weighted by Gasteiger charge is 2.08. The lowest BCUT2D eigenvalue weighted by Crippen LogP contribution is -2.07. The van der Waals surface area contributed by atoms with E-state index in [0.717, 1.165) is 4.47 Å². The molecular weight excluding hydrogens is 225 g/mol. The normalized spacial score (nSPS) is 12.9. The first-order valence-corrected chi connectivity index (χ1v) is 4.24. The van der Waals surface area contributed by atoms with Crippen LogP contribution in [0.3, 0.4) is 0 Å². The molecule has 0 fully saturated rings. The Labute approximate surface area is 78.6 Å². The predicted octanol–water partition coefficient (Wildman–Crippen LogP) is 2.35. The van der Waals surface area contributed by atoms with E-state index in [4.69, 9.17) is 5.90 Å². The maximum absolute atomic E-state index is 13.1. The van der Waals surface area contributed by atoms with Crippen LogP contribution in [0.5, 0.6) is 0 Å². The molecule has 1 atom stereocenters. The summed E-state index contributed by atoms with van der Waals surface area (Å²) in [6, 6.07) is 6.99. The van der Waals surface area contributed by atoms with Gasteiger partial charge in [0.1, 0.15) is 6.61 Å². The zero-order chi connectivity index (χ0) is 8.97. The summed E-state index contributed by atoms with van der Waals surface area (Å²) < 4.78 is 13.9. The van der Waals surface area contributed by atoms with Crippen molar-refractivity contribution in [1.29, 1.82) is 0 Å². The van der Waals surface area contributed by atoms with Crippen LogP contribution >= 0.6 is 15.9 Å². The Morgan fingerprint density at radius 3 is 2.92 bits per heavy atom. The van der Waals surface area contributed by atoms with Crippen molar-refractivity contribution in [3.05, 3.63) is 34.3 Å². The second kappa shape index (κ2) is 4.54. The van der Waals surface area contributed by atoms with Crippen LogP contribution in [0, 0.1) is 0 Å². The summed E-state index contributed by atoms with van der Waals surface area (Å²) in [5, 5.41) is 0. The molecule has 1 aromatic carbocycles. The van der Waals surface area contributed by atoms with Crippen LogP contribution < -0.4 is 5.90 Å². The molecule has 12 heavy (non-hydrogen) atoms. The first kappa shape index (κ1) is 9.64. The summed E-state index contributed by atoms with van der Waals surface area (Å²) >= 11 is 3.24. The highest BCUT2D eigenvalue weighted by molar-refractivity contribution is 9.10. The molecule has 0 saturated heterocycles. The van der Waals surface area contributed by atoms with Crippen molar-refractivity contribution < 1.29 is 9.23 Å². The molecule has 4 heteroatoms. The number of nitrogens with two attached hydrogens (primary N) is 1. The van der Waals surface area contributed by atoms with Crippen molar-refractivity contribution in [2.75, 3.05) is 6.61 Å². The van der Waals surface area contributed by atoms with E-state index in [1.54, 1.807) is 18.2 Å². The number of alkyl halides is 1. The van der Waals surface area contributed by atoms with Crippen LogP contribution in [0.25, 0.3) is 0 Å². The summed E-state index contributed by atoms with van der Waals surface area (Å²) in [4.78, 5) is 4.21. The highest BCUT2D eigenvalue weighted by atomic mass is 79.9. The Morgan fingerprint density at radius 2 is 2.33 bits per heavy atom. The third-order valence-corrected chi connectivity index (χ3v) is 1.95. The molecule has 0 aliphatic rings. The zero-order valence-electron chi connectivity index (χ0n) is 6.34. The fraction of sp³-hybridized carbons (Fsp3) is 0.250. The average Bonchev–Trinajstić information content (AvgIpc) is 2.05. The van der Waals surface area contributed by atoms with Gasteiger partial charge in [-0.2, -0.15) is 0 Å². The third kappa shape index (κ3) is 2.55. The van der Waals surface area contributed by atoms with Crippen molar-refractivity contribution in [1.82, 2.24) is 0 Å². The first-order valence-electron chi connectivity index (χ1n) is 3.45. The molecule has 1 unspecified atom stereocenters. The number of halogens is 2. The molecule has 2 N–H and O–H groups in total. The lowest BCUT2D eigenvalue weighted by Gasteiger charge is -2.06. The first-order chi connectivity index (χ1) is 5.74. The molecular formula is C8H9BrFNO. The minimum atomic E-state index is -1.16. The van der Waals surface area contributed by atoms with Gasteiger partial charge >= 0.3 is 0 Å². The van der Waals surface area contributed by atoms with E-state index in [1.165, 1.54) is 0 Å². The largest absolute Gasteiger partial charge is 0.301 e. The van der Waals surface area contributed by atoms with E-state index in [-0.39, 0.29) is 6.61 Å². The van der Waals surface area contributed by atoms with Gasteiger partial charge in [0.05, 0.1) is 0 Å². The molecule has 0 aromatic heterocycles. The zero-order valence-corrected chi connectivity index (χ0v) is 7.92. The van der Waals surface area contributed by atoms with Crippen molar-refractivity contribution in [3.8, 4) is 0 Å². The summed E-state index contributed by atoms with van der Waals surface area (Å²) in [5.41, 5.74) is 0.565. The summed E-state index contributed by atoms with van der Waals surface area (Å²) in [7, 11) is 0. The van der Waals surface area contributed by atoms with Crippen LogP contribution in [0.4, 0.5) is 4.39 Å².